The zero-order chi connectivity index (χ0) is 12.5. The molecule has 1 aliphatic rings. The molecule has 0 bridgehead atoms. The summed E-state index contributed by atoms with van der Waals surface area (Å²) in [4.78, 5) is 7.41. The molecular weight excluding hydrogens is 262 g/mol. The minimum absolute atomic E-state index is 0.542. The van der Waals surface area contributed by atoms with E-state index in [0.29, 0.717) is 6.04 Å². The molecule has 0 amide bonds. The lowest BCUT2D eigenvalue weighted by Gasteiger charge is -2.29. The summed E-state index contributed by atoms with van der Waals surface area (Å²) in [7, 11) is 0. The van der Waals surface area contributed by atoms with E-state index in [-0.39, 0.29) is 0 Å². The highest BCUT2D eigenvalue weighted by Gasteiger charge is 2.24. The molecule has 3 rings (SSSR count). The molecule has 1 N–H and O–H groups in total. The van der Waals surface area contributed by atoms with E-state index in [1.807, 2.05) is 24.2 Å². The highest BCUT2D eigenvalue weighted by Crippen LogP contribution is 2.35. The first-order valence-electron chi connectivity index (χ1n) is 6.36. The van der Waals surface area contributed by atoms with Gasteiger partial charge in [0.15, 0.2) is 4.77 Å². The molecule has 2 aromatic rings. The number of imidazole rings is 1. The second-order valence-corrected chi connectivity index (χ2v) is 6.40. The van der Waals surface area contributed by atoms with Crippen molar-refractivity contribution in [2.45, 2.75) is 37.0 Å². The van der Waals surface area contributed by atoms with Gasteiger partial charge in [0.25, 0.3) is 0 Å². The van der Waals surface area contributed by atoms with Crippen LogP contribution in [0.1, 0.15) is 31.7 Å². The zero-order valence-electron chi connectivity index (χ0n) is 10.4. The van der Waals surface area contributed by atoms with E-state index in [4.69, 9.17) is 12.2 Å². The van der Waals surface area contributed by atoms with E-state index in [9.17, 15) is 0 Å². The Bertz CT molecular complexity index is 602. The van der Waals surface area contributed by atoms with Crippen molar-refractivity contribution in [2.75, 3.05) is 6.26 Å². The van der Waals surface area contributed by atoms with Gasteiger partial charge in [-0.05, 0) is 43.8 Å². The smallest absolute Gasteiger partial charge is 0.178 e. The largest absolute Gasteiger partial charge is 0.329 e. The second kappa shape index (κ2) is 5.05. The molecule has 2 aromatic heterocycles. The summed E-state index contributed by atoms with van der Waals surface area (Å²) in [5.41, 5.74) is 2.25. The van der Waals surface area contributed by atoms with Crippen molar-refractivity contribution in [2.24, 2.45) is 0 Å². The number of thioether (sulfide) groups is 1. The predicted octanol–water partition coefficient (Wildman–Crippen LogP) is 3.94. The van der Waals surface area contributed by atoms with Crippen LogP contribution in [0.25, 0.3) is 11.0 Å². The average molecular weight is 279 g/mol. The molecule has 2 unspecified atom stereocenters. The van der Waals surface area contributed by atoms with Gasteiger partial charge in [0, 0.05) is 17.5 Å². The van der Waals surface area contributed by atoms with Gasteiger partial charge in [-0.3, -0.25) is 4.98 Å². The number of H-pyrrole nitrogens is 1. The Labute approximate surface area is 116 Å². The van der Waals surface area contributed by atoms with E-state index in [1.54, 1.807) is 0 Å². The van der Waals surface area contributed by atoms with Crippen LogP contribution in [0, 0.1) is 4.77 Å². The standard InChI is InChI=1S/C13H17N3S2/c1-18-10-4-2-3-9(7-10)16-12-5-6-14-8-11(12)15-13(16)17/h5-6,8-10H,2-4,7H2,1H3,(H,15,17). The van der Waals surface area contributed by atoms with E-state index in [1.165, 1.54) is 31.2 Å². The van der Waals surface area contributed by atoms with Crippen molar-refractivity contribution in [3.63, 3.8) is 0 Å². The van der Waals surface area contributed by atoms with Gasteiger partial charge in [-0.2, -0.15) is 11.8 Å². The normalized spacial score (nSPS) is 24.5. The summed E-state index contributed by atoms with van der Waals surface area (Å²) in [6.45, 7) is 0. The first-order valence-corrected chi connectivity index (χ1v) is 8.06. The Morgan fingerprint density at radius 1 is 1.50 bits per heavy atom. The number of nitrogens with one attached hydrogen (secondary N) is 1. The maximum atomic E-state index is 5.48. The molecule has 1 fully saturated rings. The molecular formula is C13H17N3S2. The van der Waals surface area contributed by atoms with Crippen molar-refractivity contribution in [3.8, 4) is 0 Å². The van der Waals surface area contributed by atoms with Gasteiger partial charge < -0.3 is 9.55 Å². The third kappa shape index (κ3) is 2.10. The van der Waals surface area contributed by atoms with E-state index in [0.717, 1.165) is 15.5 Å². The quantitative estimate of drug-likeness (QED) is 0.845. The topological polar surface area (TPSA) is 33.6 Å². The number of pyridine rings is 1. The first-order chi connectivity index (χ1) is 8.79. The number of hydrogen-bond acceptors (Lipinski definition) is 3. The molecule has 3 nitrogen and oxygen atoms in total. The fourth-order valence-electron chi connectivity index (χ4n) is 2.91. The molecule has 1 saturated carbocycles. The van der Waals surface area contributed by atoms with Crippen LogP contribution >= 0.6 is 24.0 Å². The van der Waals surface area contributed by atoms with Crippen molar-refractivity contribution in [1.29, 1.82) is 0 Å². The highest BCUT2D eigenvalue weighted by atomic mass is 32.2. The number of aromatic nitrogens is 3. The van der Waals surface area contributed by atoms with Gasteiger partial charge in [0.05, 0.1) is 17.2 Å². The molecule has 18 heavy (non-hydrogen) atoms. The van der Waals surface area contributed by atoms with Gasteiger partial charge in [-0.1, -0.05) is 6.42 Å². The minimum Gasteiger partial charge on any atom is -0.329 e. The maximum Gasteiger partial charge on any atom is 0.178 e. The Kier molecular flexibility index (Phi) is 3.43. The lowest BCUT2D eigenvalue weighted by molar-refractivity contribution is 0.365. The molecule has 96 valence electrons. The number of hydrogen-bond donors (Lipinski definition) is 1. The molecule has 0 aromatic carbocycles. The summed E-state index contributed by atoms with van der Waals surface area (Å²) in [5, 5.41) is 0.775. The van der Waals surface area contributed by atoms with E-state index >= 15 is 0 Å². The molecule has 1 aliphatic carbocycles. The molecule has 5 heteroatoms. The number of aromatic amines is 1. The molecule has 0 radical (unpaired) electrons. The van der Waals surface area contributed by atoms with Crippen LogP contribution < -0.4 is 0 Å². The zero-order valence-corrected chi connectivity index (χ0v) is 12.1. The fourth-order valence-corrected chi connectivity index (χ4v) is 4.08. The maximum absolute atomic E-state index is 5.48. The molecule has 0 aliphatic heterocycles. The fraction of sp³-hybridized carbons (Fsp3) is 0.538. The molecule has 2 atom stereocenters. The van der Waals surface area contributed by atoms with Crippen LogP contribution in [0.15, 0.2) is 18.5 Å². The molecule has 2 heterocycles. The third-order valence-corrected chi connectivity index (χ3v) is 5.21. The molecule has 0 spiro atoms. The van der Waals surface area contributed by atoms with Gasteiger partial charge in [-0.15, -0.1) is 0 Å². The van der Waals surface area contributed by atoms with Gasteiger partial charge in [0.1, 0.15) is 0 Å². The van der Waals surface area contributed by atoms with Crippen molar-refractivity contribution < 1.29 is 0 Å². The van der Waals surface area contributed by atoms with E-state index in [2.05, 4.69) is 26.9 Å². The Morgan fingerprint density at radius 2 is 2.39 bits per heavy atom. The van der Waals surface area contributed by atoms with E-state index < -0.39 is 0 Å². The number of nitrogens with zero attached hydrogens (tertiary/aromatic N) is 2. The average Bonchev–Trinajstić information content (AvgIpc) is 2.74. The van der Waals surface area contributed by atoms with Crippen LogP contribution in [-0.2, 0) is 0 Å². The lowest BCUT2D eigenvalue weighted by Crippen LogP contribution is -2.20. The van der Waals surface area contributed by atoms with Crippen LogP contribution in [0.3, 0.4) is 0 Å². The lowest BCUT2D eigenvalue weighted by atomic mass is 9.94. The predicted molar refractivity (Wildman–Crippen MR) is 79.7 cm³/mol. The summed E-state index contributed by atoms with van der Waals surface area (Å²) in [6, 6.07) is 2.60. The highest BCUT2D eigenvalue weighted by molar-refractivity contribution is 7.99. The minimum atomic E-state index is 0.542. The first kappa shape index (κ1) is 12.2. The summed E-state index contributed by atoms with van der Waals surface area (Å²) < 4.78 is 3.14. The SMILES string of the molecule is CSC1CCCC(n2c(=S)[nH]c3cnccc32)C1. The number of fused-ring (bicyclic) bond motifs is 1. The van der Waals surface area contributed by atoms with Crippen molar-refractivity contribution >= 4 is 35.0 Å². The van der Waals surface area contributed by atoms with Gasteiger partial charge >= 0.3 is 0 Å². The van der Waals surface area contributed by atoms with Gasteiger partial charge in [0.2, 0.25) is 0 Å². The Balaban J connectivity index is 2.03. The Morgan fingerprint density at radius 3 is 3.22 bits per heavy atom. The van der Waals surface area contributed by atoms with Crippen molar-refractivity contribution in [1.82, 2.24) is 14.5 Å². The summed E-state index contributed by atoms with van der Waals surface area (Å²) in [6.07, 6.45) is 11.0. The number of rotatable bonds is 2. The van der Waals surface area contributed by atoms with Crippen LogP contribution in [0.5, 0.6) is 0 Å². The summed E-state index contributed by atoms with van der Waals surface area (Å²) in [5.74, 6) is 0. The monoisotopic (exact) mass is 279 g/mol. The summed E-state index contributed by atoms with van der Waals surface area (Å²) >= 11 is 7.47. The third-order valence-electron chi connectivity index (χ3n) is 3.81. The van der Waals surface area contributed by atoms with Crippen molar-refractivity contribution in [3.05, 3.63) is 23.2 Å². The Hall–Kier alpha value is -0.810. The van der Waals surface area contributed by atoms with Crippen LogP contribution in [-0.4, -0.2) is 26.0 Å². The van der Waals surface area contributed by atoms with Crippen LogP contribution in [0.4, 0.5) is 0 Å². The second-order valence-electron chi connectivity index (χ2n) is 4.87. The van der Waals surface area contributed by atoms with Gasteiger partial charge in [-0.25, -0.2) is 0 Å². The van der Waals surface area contributed by atoms with Crippen LogP contribution in [0.2, 0.25) is 0 Å². The molecule has 0 saturated heterocycles.